The van der Waals surface area contributed by atoms with Crippen molar-refractivity contribution >= 4 is 11.9 Å². The maximum atomic E-state index is 12.4. The Balaban J connectivity index is 1.70. The largest absolute Gasteiger partial charge is 0.487 e. The summed E-state index contributed by atoms with van der Waals surface area (Å²) in [4.78, 5) is 24.4. The Hall–Kier alpha value is -3.06. The lowest BCUT2D eigenvalue weighted by Crippen LogP contribution is -2.49. The molecule has 0 saturated carbocycles. The van der Waals surface area contributed by atoms with E-state index in [-0.39, 0.29) is 23.6 Å². The Labute approximate surface area is 182 Å². The zero-order valence-electron chi connectivity index (χ0n) is 18.0. The lowest BCUT2D eigenvalue weighted by Gasteiger charge is -2.44. The number of urea groups is 1. The van der Waals surface area contributed by atoms with Gasteiger partial charge in [-0.1, -0.05) is 18.2 Å². The number of nitrogens with one attached hydrogen (secondary N) is 3. The number of fused-ring (bicyclic) bond motifs is 1. The number of hydrogen-bond donors (Lipinski definition) is 3. The van der Waals surface area contributed by atoms with Gasteiger partial charge in [0.2, 0.25) is 0 Å². The topological polar surface area (TPSA) is 88.7 Å². The molecule has 0 radical (unpaired) electrons. The van der Waals surface area contributed by atoms with Gasteiger partial charge in [0.15, 0.2) is 0 Å². The van der Waals surface area contributed by atoms with Crippen LogP contribution in [-0.4, -0.2) is 44.3 Å². The molecule has 1 unspecified atom stereocenters. The van der Waals surface area contributed by atoms with E-state index in [1.54, 1.807) is 13.1 Å². The summed E-state index contributed by atoms with van der Waals surface area (Å²) in [5, 5.41) is 8.62. The molecule has 2 aliphatic heterocycles. The average molecular weight is 424 g/mol. The fourth-order valence-electron chi connectivity index (χ4n) is 4.38. The molecule has 0 bridgehead atoms. The quantitative estimate of drug-likeness (QED) is 0.703. The summed E-state index contributed by atoms with van der Waals surface area (Å²) in [6.45, 7) is 3.78. The van der Waals surface area contributed by atoms with Crippen LogP contribution in [0.3, 0.4) is 0 Å². The van der Waals surface area contributed by atoms with Crippen LogP contribution in [0.4, 0.5) is 4.79 Å². The third-order valence-corrected chi connectivity index (χ3v) is 6.02. The molecule has 1 fully saturated rings. The van der Waals surface area contributed by atoms with E-state index in [4.69, 9.17) is 9.47 Å². The first-order valence-corrected chi connectivity index (χ1v) is 10.8. The summed E-state index contributed by atoms with van der Waals surface area (Å²) in [5.41, 5.74) is 3.14. The summed E-state index contributed by atoms with van der Waals surface area (Å²) >= 11 is 0. The maximum Gasteiger partial charge on any atom is 0.315 e. The zero-order valence-corrected chi connectivity index (χ0v) is 18.0. The number of benzene rings is 2. The van der Waals surface area contributed by atoms with Crippen molar-refractivity contribution in [2.75, 3.05) is 26.8 Å². The summed E-state index contributed by atoms with van der Waals surface area (Å²) in [6, 6.07) is 13.2. The van der Waals surface area contributed by atoms with Crippen LogP contribution in [0, 0.1) is 0 Å². The van der Waals surface area contributed by atoms with Crippen molar-refractivity contribution in [3.63, 3.8) is 0 Å². The monoisotopic (exact) mass is 423 g/mol. The molecule has 31 heavy (non-hydrogen) atoms. The van der Waals surface area contributed by atoms with Crippen LogP contribution >= 0.6 is 0 Å². The zero-order chi connectivity index (χ0) is 21.8. The highest BCUT2D eigenvalue weighted by atomic mass is 16.5. The van der Waals surface area contributed by atoms with Gasteiger partial charge >= 0.3 is 6.03 Å². The van der Waals surface area contributed by atoms with Crippen LogP contribution in [-0.2, 0) is 4.74 Å². The van der Waals surface area contributed by atoms with Crippen molar-refractivity contribution in [1.29, 1.82) is 0 Å². The Morgan fingerprint density at radius 2 is 1.87 bits per heavy atom. The van der Waals surface area contributed by atoms with Crippen LogP contribution in [0.5, 0.6) is 5.75 Å². The third-order valence-electron chi connectivity index (χ3n) is 6.02. The van der Waals surface area contributed by atoms with Crippen LogP contribution < -0.4 is 20.7 Å². The van der Waals surface area contributed by atoms with Crippen molar-refractivity contribution in [3.05, 3.63) is 53.6 Å². The molecule has 2 aromatic carbocycles. The minimum atomic E-state index is -0.323. The molecular formula is C24H29N3O4. The molecule has 3 N–H and O–H groups in total. The van der Waals surface area contributed by atoms with Crippen molar-refractivity contribution < 1.29 is 19.1 Å². The SMILES string of the molecule is CCNC(=O)NC1CC2(CCOCC2)Oc2ccc(-c3cccc(C(=O)NC)c3)cc21. The number of rotatable bonds is 4. The third kappa shape index (κ3) is 4.51. The van der Waals surface area contributed by atoms with Crippen molar-refractivity contribution in [2.45, 2.75) is 37.8 Å². The fraction of sp³-hybridized carbons (Fsp3) is 0.417. The van der Waals surface area contributed by atoms with Gasteiger partial charge in [-0.15, -0.1) is 0 Å². The molecule has 0 aliphatic carbocycles. The molecule has 164 valence electrons. The van der Waals surface area contributed by atoms with Gasteiger partial charge in [0.25, 0.3) is 5.91 Å². The molecule has 1 saturated heterocycles. The van der Waals surface area contributed by atoms with Gasteiger partial charge in [-0.3, -0.25) is 4.79 Å². The van der Waals surface area contributed by atoms with Crippen molar-refractivity contribution in [1.82, 2.24) is 16.0 Å². The van der Waals surface area contributed by atoms with Gasteiger partial charge in [-0.05, 0) is 42.3 Å². The number of hydrogen-bond acceptors (Lipinski definition) is 4. The van der Waals surface area contributed by atoms with E-state index in [1.165, 1.54) is 0 Å². The van der Waals surface area contributed by atoms with Crippen LogP contribution in [0.2, 0.25) is 0 Å². The second kappa shape index (κ2) is 8.98. The summed E-state index contributed by atoms with van der Waals surface area (Å²) in [5.74, 6) is 0.668. The van der Waals surface area contributed by atoms with Crippen molar-refractivity contribution in [3.8, 4) is 16.9 Å². The normalized spacial score (nSPS) is 19.1. The molecule has 2 aliphatic rings. The molecule has 2 aromatic rings. The molecule has 7 heteroatoms. The van der Waals surface area contributed by atoms with E-state index < -0.39 is 0 Å². The average Bonchev–Trinajstić information content (AvgIpc) is 2.79. The van der Waals surface area contributed by atoms with Gasteiger partial charge < -0.3 is 25.4 Å². The molecule has 1 atom stereocenters. The molecule has 0 aromatic heterocycles. The molecular weight excluding hydrogens is 394 g/mol. The summed E-state index contributed by atoms with van der Waals surface area (Å²) < 4.78 is 12.0. The fourth-order valence-corrected chi connectivity index (χ4v) is 4.38. The number of ether oxygens (including phenoxy) is 2. The van der Waals surface area contributed by atoms with Crippen LogP contribution in [0.15, 0.2) is 42.5 Å². The van der Waals surface area contributed by atoms with E-state index in [1.807, 2.05) is 37.3 Å². The highest BCUT2D eigenvalue weighted by molar-refractivity contribution is 5.95. The molecule has 2 heterocycles. The molecule has 1 spiro atoms. The van der Waals surface area contributed by atoms with E-state index in [9.17, 15) is 9.59 Å². The first-order chi connectivity index (χ1) is 15.0. The Morgan fingerprint density at radius 3 is 2.61 bits per heavy atom. The molecule has 3 amide bonds. The first kappa shape index (κ1) is 21.2. The standard InChI is InChI=1S/C24H29N3O4/c1-3-26-23(29)27-20-15-24(9-11-30-12-10-24)31-21-8-7-17(14-19(20)21)16-5-4-6-18(13-16)22(28)25-2/h4-8,13-14,20H,3,9-12,15H2,1-2H3,(H,25,28)(H2,26,27,29). The number of carbonyl (C=O) groups is 2. The Kier molecular flexibility index (Phi) is 6.13. The van der Waals surface area contributed by atoms with Gasteiger partial charge in [0.05, 0.1) is 19.3 Å². The van der Waals surface area contributed by atoms with E-state index >= 15 is 0 Å². The van der Waals surface area contributed by atoms with E-state index in [2.05, 4.69) is 22.0 Å². The smallest absolute Gasteiger partial charge is 0.315 e. The lowest BCUT2D eigenvalue weighted by atomic mass is 9.81. The number of carbonyl (C=O) groups excluding carboxylic acids is 2. The second-order valence-corrected chi connectivity index (χ2v) is 8.07. The Bertz CT molecular complexity index is 969. The van der Waals surface area contributed by atoms with Gasteiger partial charge in [-0.25, -0.2) is 4.79 Å². The number of amides is 3. The van der Waals surface area contributed by atoms with Crippen LogP contribution in [0.1, 0.15) is 48.1 Å². The highest BCUT2D eigenvalue weighted by Gasteiger charge is 2.42. The second-order valence-electron chi connectivity index (χ2n) is 8.07. The van der Waals surface area contributed by atoms with Crippen molar-refractivity contribution in [2.24, 2.45) is 0 Å². The predicted molar refractivity (Wildman–Crippen MR) is 118 cm³/mol. The lowest BCUT2D eigenvalue weighted by molar-refractivity contribution is -0.0637. The minimum Gasteiger partial charge on any atom is -0.487 e. The van der Waals surface area contributed by atoms with Gasteiger partial charge in [0.1, 0.15) is 11.4 Å². The summed E-state index contributed by atoms with van der Waals surface area (Å²) in [6.07, 6.45) is 2.30. The molecule has 7 nitrogen and oxygen atoms in total. The first-order valence-electron chi connectivity index (χ1n) is 10.8. The highest BCUT2D eigenvalue weighted by Crippen LogP contribution is 2.45. The van der Waals surface area contributed by atoms with Crippen LogP contribution in [0.25, 0.3) is 11.1 Å². The predicted octanol–water partition coefficient (Wildman–Crippen LogP) is 3.41. The van der Waals surface area contributed by atoms with E-state index in [0.29, 0.717) is 31.7 Å². The van der Waals surface area contributed by atoms with Gasteiger partial charge in [-0.2, -0.15) is 0 Å². The maximum absolute atomic E-state index is 12.4. The summed E-state index contributed by atoms with van der Waals surface area (Å²) in [7, 11) is 1.62. The van der Waals surface area contributed by atoms with E-state index in [0.717, 1.165) is 35.3 Å². The Morgan fingerprint density at radius 1 is 1.10 bits per heavy atom. The minimum absolute atomic E-state index is 0.125. The molecule has 4 rings (SSSR count). The van der Waals surface area contributed by atoms with Gasteiger partial charge in [0, 0.05) is 44.0 Å².